The van der Waals surface area contributed by atoms with E-state index < -0.39 is 10.0 Å². The highest BCUT2D eigenvalue weighted by atomic mass is 32.2. The predicted octanol–water partition coefficient (Wildman–Crippen LogP) is 5.25. The standard InChI is InChI=1S/C23H30N2O2S/c1-15(2)10-17(4)25-14-21-12-20(11-16(3)23(21)18(25)5)19-8-7-9-22(13-19)24-28(6,26)27/h7-9,11-13,15,17,24H,5,10,14H2,1-4,6H3. The van der Waals surface area contributed by atoms with Gasteiger partial charge in [0, 0.05) is 29.5 Å². The number of aryl methyl sites for hydroxylation is 1. The largest absolute Gasteiger partial charge is 0.364 e. The van der Waals surface area contributed by atoms with E-state index in [1.165, 1.54) is 16.7 Å². The molecule has 1 atom stereocenters. The lowest BCUT2D eigenvalue weighted by molar-refractivity contribution is 0.278. The summed E-state index contributed by atoms with van der Waals surface area (Å²) in [6, 6.07) is 12.4. The number of nitrogens with one attached hydrogen (secondary N) is 1. The van der Waals surface area contributed by atoms with Crippen LogP contribution in [0, 0.1) is 12.8 Å². The average molecular weight is 399 g/mol. The van der Waals surface area contributed by atoms with Gasteiger partial charge in [0.05, 0.1) is 6.26 Å². The number of benzene rings is 2. The Morgan fingerprint density at radius 3 is 2.50 bits per heavy atom. The topological polar surface area (TPSA) is 49.4 Å². The SMILES string of the molecule is C=C1c2c(C)cc(-c3cccc(NS(C)(=O)=O)c3)cc2CN1C(C)CC(C)C. The van der Waals surface area contributed by atoms with Gasteiger partial charge < -0.3 is 4.90 Å². The molecule has 1 aliphatic heterocycles. The minimum Gasteiger partial charge on any atom is -0.364 e. The summed E-state index contributed by atoms with van der Waals surface area (Å²) in [6.45, 7) is 14.2. The van der Waals surface area contributed by atoms with Gasteiger partial charge in [-0.15, -0.1) is 0 Å². The van der Waals surface area contributed by atoms with Gasteiger partial charge >= 0.3 is 0 Å². The number of hydrogen-bond acceptors (Lipinski definition) is 3. The van der Waals surface area contributed by atoms with E-state index in [4.69, 9.17) is 0 Å². The smallest absolute Gasteiger partial charge is 0.229 e. The molecule has 1 heterocycles. The van der Waals surface area contributed by atoms with E-state index >= 15 is 0 Å². The van der Waals surface area contributed by atoms with Gasteiger partial charge in [0.1, 0.15) is 0 Å². The van der Waals surface area contributed by atoms with Gasteiger partial charge in [-0.1, -0.05) is 38.6 Å². The molecule has 3 rings (SSSR count). The van der Waals surface area contributed by atoms with E-state index in [2.05, 4.69) is 56.0 Å². The first-order valence-corrected chi connectivity index (χ1v) is 11.6. The van der Waals surface area contributed by atoms with Crippen molar-refractivity contribution in [1.29, 1.82) is 0 Å². The van der Waals surface area contributed by atoms with Crippen LogP contribution >= 0.6 is 0 Å². The number of rotatable bonds is 6. The molecule has 2 aromatic carbocycles. The van der Waals surface area contributed by atoms with Crippen molar-refractivity contribution in [2.45, 2.75) is 46.7 Å². The molecule has 0 aliphatic carbocycles. The molecule has 28 heavy (non-hydrogen) atoms. The molecule has 0 saturated carbocycles. The second kappa shape index (κ2) is 7.63. The van der Waals surface area contributed by atoms with Crippen LogP contribution in [0.3, 0.4) is 0 Å². The highest BCUT2D eigenvalue weighted by Crippen LogP contribution is 2.39. The first-order valence-electron chi connectivity index (χ1n) is 9.73. The van der Waals surface area contributed by atoms with Gasteiger partial charge in [0.15, 0.2) is 0 Å². The van der Waals surface area contributed by atoms with Gasteiger partial charge in [-0.3, -0.25) is 4.72 Å². The molecule has 5 heteroatoms. The Kier molecular flexibility index (Phi) is 5.57. The van der Waals surface area contributed by atoms with E-state index in [0.29, 0.717) is 17.6 Å². The van der Waals surface area contributed by atoms with Crippen LogP contribution < -0.4 is 4.72 Å². The van der Waals surface area contributed by atoms with Crippen molar-refractivity contribution in [1.82, 2.24) is 4.90 Å². The predicted molar refractivity (Wildman–Crippen MR) is 119 cm³/mol. The molecule has 0 amide bonds. The van der Waals surface area contributed by atoms with Crippen LogP contribution in [-0.4, -0.2) is 25.6 Å². The fourth-order valence-corrected chi connectivity index (χ4v) is 4.75. The Balaban J connectivity index is 1.94. The van der Waals surface area contributed by atoms with Crippen LogP contribution in [0.5, 0.6) is 0 Å². The lowest BCUT2D eigenvalue weighted by atomic mass is 9.95. The van der Waals surface area contributed by atoms with Crippen molar-refractivity contribution >= 4 is 21.4 Å². The first kappa shape index (κ1) is 20.5. The monoisotopic (exact) mass is 398 g/mol. The maximum Gasteiger partial charge on any atom is 0.229 e. The van der Waals surface area contributed by atoms with Crippen molar-refractivity contribution in [3.63, 3.8) is 0 Å². The van der Waals surface area contributed by atoms with E-state index in [1.54, 1.807) is 6.07 Å². The van der Waals surface area contributed by atoms with E-state index in [1.807, 2.05) is 18.2 Å². The number of nitrogens with zero attached hydrogens (tertiary/aromatic N) is 1. The van der Waals surface area contributed by atoms with Gasteiger partial charge in [0.2, 0.25) is 10.0 Å². The van der Waals surface area contributed by atoms with Crippen molar-refractivity contribution in [3.05, 3.63) is 59.7 Å². The van der Waals surface area contributed by atoms with Gasteiger partial charge in [-0.2, -0.15) is 0 Å². The molecule has 0 aromatic heterocycles. The molecule has 0 radical (unpaired) electrons. The summed E-state index contributed by atoms with van der Waals surface area (Å²) < 4.78 is 25.6. The van der Waals surface area contributed by atoms with Crippen molar-refractivity contribution in [2.75, 3.05) is 11.0 Å². The molecule has 1 unspecified atom stereocenters. The minimum atomic E-state index is -3.30. The molecule has 0 spiro atoms. The highest BCUT2D eigenvalue weighted by Gasteiger charge is 2.28. The van der Waals surface area contributed by atoms with E-state index in [-0.39, 0.29) is 0 Å². The Labute approximate surface area is 169 Å². The third kappa shape index (κ3) is 4.41. The second-order valence-electron chi connectivity index (χ2n) is 8.34. The molecule has 0 bridgehead atoms. The highest BCUT2D eigenvalue weighted by molar-refractivity contribution is 7.92. The summed E-state index contributed by atoms with van der Waals surface area (Å²) in [6.07, 6.45) is 2.30. The minimum absolute atomic E-state index is 0.449. The zero-order valence-corrected chi connectivity index (χ0v) is 18.2. The lowest BCUT2D eigenvalue weighted by Gasteiger charge is -2.28. The third-order valence-corrected chi connectivity index (χ3v) is 5.84. The second-order valence-corrected chi connectivity index (χ2v) is 10.1. The summed E-state index contributed by atoms with van der Waals surface area (Å²) in [5.41, 5.74) is 7.54. The average Bonchev–Trinajstić information content (AvgIpc) is 2.90. The molecule has 2 aromatic rings. The zero-order valence-electron chi connectivity index (χ0n) is 17.4. The number of sulfonamides is 1. The molecule has 1 aliphatic rings. The van der Waals surface area contributed by atoms with Gasteiger partial charge in [-0.25, -0.2) is 8.42 Å². The maximum atomic E-state index is 11.5. The zero-order chi connectivity index (χ0) is 20.6. The molecule has 4 nitrogen and oxygen atoms in total. The summed E-state index contributed by atoms with van der Waals surface area (Å²) in [4.78, 5) is 2.41. The van der Waals surface area contributed by atoms with Gasteiger partial charge in [-0.05, 0) is 66.6 Å². The van der Waals surface area contributed by atoms with Crippen molar-refractivity contribution < 1.29 is 8.42 Å². The van der Waals surface area contributed by atoms with Gasteiger partial charge in [0.25, 0.3) is 0 Å². The van der Waals surface area contributed by atoms with E-state index in [0.717, 1.165) is 36.0 Å². The molecule has 0 fully saturated rings. The van der Waals surface area contributed by atoms with Crippen LogP contribution in [0.1, 0.15) is 43.9 Å². The molecule has 150 valence electrons. The molecule has 0 saturated heterocycles. The first-order chi connectivity index (χ1) is 13.0. The lowest BCUT2D eigenvalue weighted by Crippen LogP contribution is -2.28. The quantitative estimate of drug-likeness (QED) is 0.722. The number of fused-ring (bicyclic) bond motifs is 1. The Hall–Kier alpha value is -2.27. The normalized spacial score (nSPS) is 15.1. The molecular formula is C23H30N2O2S. The van der Waals surface area contributed by atoms with Crippen molar-refractivity contribution in [3.8, 4) is 11.1 Å². The molecule has 1 N–H and O–H groups in total. The van der Waals surface area contributed by atoms with Crippen molar-refractivity contribution in [2.24, 2.45) is 5.92 Å². The number of anilines is 1. The Bertz CT molecular complexity index is 1010. The van der Waals surface area contributed by atoms with Crippen LogP contribution in [0.2, 0.25) is 0 Å². The summed E-state index contributed by atoms with van der Waals surface area (Å²) in [7, 11) is -3.30. The summed E-state index contributed by atoms with van der Waals surface area (Å²) >= 11 is 0. The van der Waals surface area contributed by atoms with Crippen LogP contribution in [0.4, 0.5) is 5.69 Å². The summed E-state index contributed by atoms with van der Waals surface area (Å²) in [5, 5.41) is 0. The fraction of sp³-hybridized carbons (Fsp3) is 0.391. The fourth-order valence-electron chi connectivity index (χ4n) is 4.19. The van der Waals surface area contributed by atoms with Crippen LogP contribution in [0.15, 0.2) is 43.0 Å². The maximum absolute atomic E-state index is 11.5. The third-order valence-electron chi connectivity index (χ3n) is 5.24. The summed E-state index contributed by atoms with van der Waals surface area (Å²) in [5.74, 6) is 0.647. The Morgan fingerprint density at radius 2 is 1.86 bits per heavy atom. The number of hydrogen-bond donors (Lipinski definition) is 1. The van der Waals surface area contributed by atoms with Crippen LogP contribution in [0.25, 0.3) is 16.8 Å². The van der Waals surface area contributed by atoms with Crippen LogP contribution in [-0.2, 0) is 16.6 Å². The Morgan fingerprint density at radius 1 is 1.14 bits per heavy atom. The molecular weight excluding hydrogens is 368 g/mol. The van der Waals surface area contributed by atoms with E-state index in [9.17, 15) is 8.42 Å².